The minimum atomic E-state index is -1.05. The summed E-state index contributed by atoms with van der Waals surface area (Å²) in [5.41, 5.74) is 0.0351. The van der Waals surface area contributed by atoms with Crippen molar-refractivity contribution in [1.82, 2.24) is 15.5 Å². The van der Waals surface area contributed by atoms with Crippen LogP contribution in [0, 0.1) is 6.92 Å². The highest BCUT2D eigenvalue weighted by atomic mass is 16.5. The van der Waals surface area contributed by atoms with Crippen LogP contribution in [0.25, 0.3) is 0 Å². The Hall–Kier alpha value is -2.64. The molecular formula is C18H21N3O4. The van der Waals surface area contributed by atoms with Gasteiger partial charge in [-0.3, -0.25) is 0 Å². The summed E-state index contributed by atoms with van der Waals surface area (Å²) in [6, 6.07) is 11.2. The first kappa shape index (κ1) is 17.2. The van der Waals surface area contributed by atoms with Gasteiger partial charge in [0.1, 0.15) is 17.1 Å². The first-order valence-electron chi connectivity index (χ1n) is 8.01. The topological polar surface area (TPSA) is 93.5 Å². The molecule has 3 aromatic rings. The van der Waals surface area contributed by atoms with Crippen molar-refractivity contribution in [2.45, 2.75) is 32.6 Å². The van der Waals surface area contributed by atoms with Gasteiger partial charge in [0.15, 0.2) is 6.61 Å². The Balaban J connectivity index is 1.46. The molecule has 0 spiro atoms. The average molecular weight is 343 g/mol. The van der Waals surface area contributed by atoms with E-state index in [1.165, 1.54) is 0 Å². The van der Waals surface area contributed by atoms with Crippen LogP contribution in [0.5, 0.6) is 5.75 Å². The second kappa shape index (κ2) is 7.50. The third-order valence-electron chi connectivity index (χ3n) is 3.71. The van der Waals surface area contributed by atoms with Crippen LogP contribution < -0.4 is 10.1 Å². The molecule has 3 rings (SSSR count). The third-order valence-corrected chi connectivity index (χ3v) is 3.71. The monoisotopic (exact) mass is 343 g/mol. The summed E-state index contributed by atoms with van der Waals surface area (Å²) < 4.78 is 15.8. The number of aliphatic hydroxyl groups is 1. The summed E-state index contributed by atoms with van der Waals surface area (Å²) in [6.07, 6.45) is 1.55. The van der Waals surface area contributed by atoms with Crippen LogP contribution >= 0.6 is 0 Å². The van der Waals surface area contributed by atoms with E-state index in [9.17, 15) is 5.11 Å². The molecule has 25 heavy (non-hydrogen) atoms. The third kappa shape index (κ3) is 4.68. The van der Waals surface area contributed by atoms with Crippen molar-refractivity contribution in [3.05, 3.63) is 65.7 Å². The molecule has 1 atom stereocenters. The Labute approximate surface area is 145 Å². The molecule has 0 saturated carbocycles. The van der Waals surface area contributed by atoms with Crippen LogP contribution in [0.15, 0.2) is 51.6 Å². The summed E-state index contributed by atoms with van der Waals surface area (Å²) in [6.45, 7) is 4.73. The second-order valence-corrected chi connectivity index (χ2v) is 6.02. The van der Waals surface area contributed by atoms with E-state index in [2.05, 4.69) is 15.5 Å². The molecule has 0 bridgehead atoms. The molecule has 2 heterocycles. The van der Waals surface area contributed by atoms with Crippen molar-refractivity contribution in [3.63, 3.8) is 0 Å². The van der Waals surface area contributed by atoms with E-state index in [-0.39, 0.29) is 6.61 Å². The van der Waals surface area contributed by atoms with Crippen LogP contribution in [0.1, 0.15) is 30.0 Å². The van der Waals surface area contributed by atoms with Crippen LogP contribution in [0.2, 0.25) is 0 Å². The van der Waals surface area contributed by atoms with Gasteiger partial charge in [-0.25, -0.2) is 0 Å². The molecule has 0 amide bonds. The van der Waals surface area contributed by atoms with Crippen molar-refractivity contribution in [3.8, 4) is 5.75 Å². The lowest BCUT2D eigenvalue weighted by molar-refractivity contribution is 0.0340. The van der Waals surface area contributed by atoms with Crippen molar-refractivity contribution in [1.29, 1.82) is 0 Å². The zero-order valence-electron chi connectivity index (χ0n) is 14.2. The largest absolute Gasteiger partial charge is 0.485 e. The SMILES string of the molecule is Cc1nc(COc2ccc(CNCC(C)(O)c3ccco3)cc2)no1. The number of nitrogens with one attached hydrogen (secondary N) is 1. The summed E-state index contributed by atoms with van der Waals surface area (Å²) in [7, 11) is 0. The highest BCUT2D eigenvalue weighted by Crippen LogP contribution is 2.20. The predicted molar refractivity (Wildman–Crippen MR) is 89.8 cm³/mol. The standard InChI is InChI=1S/C18H21N3O4/c1-13-20-17(21-25-13)11-24-15-7-5-14(6-8-15)10-19-12-18(2,22)16-4-3-9-23-16/h3-9,19,22H,10-12H2,1-2H3. The molecule has 0 aliphatic heterocycles. The average Bonchev–Trinajstić information content (AvgIpc) is 3.26. The van der Waals surface area contributed by atoms with E-state index in [0.29, 0.717) is 30.6 Å². The van der Waals surface area contributed by atoms with Gasteiger partial charge >= 0.3 is 0 Å². The van der Waals surface area contributed by atoms with Gasteiger partial charge in [-0.15, -0.1) is 0 Å². The fourth-order valence-electron chi connectivity index (χ4n) is 2.37. The molecule has 2 aromatic heterocycles. The highest BCUT2D eigenvalue weighted by molar-refractivity contribution is 5.27. The quantitative estimate of drug-likeness (QED) is 0.649. The van der Waals surface area contributed by atoms with Gasteiger partial charge in [-0.1, -0.05) is 17.3 Å². The van der Waals surface area contributed by atoms with Crippen LogP contribution in [-0.2, 0) is 18.8 Å². The van der Waals surface area contributed by atoms with Crippen molar-refractivity contribution >= 4 is 0 Å². The first-order valence-corrected chi connectivity index (χ1v) is 8.01. The number of ether oxygens (including phenoxy) is 1. The van der Waals surface area contributed by atoms with Gasteiger partial charge in [-0.2, -0.15) is 4.98 Å². The van der Waals surface area contributed by atoms with Crippen molar-refractivity contribution in [2.75, 3.05) is 6.54 Å². The smallest absolute Gasteiger partial charge is 0.223 e. The highest BCUT2D eigenvalue weighted by Gasteiger charge is 2.25. The van der Waals surface area contributed by atoms with Crippen molar-refractivity contribution < 1.29 is 18.8 Å². The molecule has 0 aliphatic rings. The molecule has 1 unspecified atom stereocenters. The van der Waals surface area contributed by atoms with Gasteiger partial charge < -0.3 is 24.1 Å². The Morgan fingerprint density at radius 1 is 1.24 bits per heavy atom. The molecule has 0 aliphatic carbocycles. The number of furan rings is 1. The van der Waals surface area contributed by atoms with Crippen LogP contribution in [0.3, 0.4) is 0 Å². The number of aromatic nitrogens is 2. The van der Waals surface area contributed by atoms with E-state index < -0.39 is 5.60 Å². The maximum absolute atomic E-state index is 10.4. The molecule has 0 fully saturated rings. The molecule has 7 nitrogen and oxygen atoms in total. The molecule has 0 saturated heterocycles. The predicted octanol–water partition coefficient (Wildman–Crippen LogP) is 2.55. The van der Waals surface area contributed by atoms with E-state index in [4.69, 9.17) is 13.7 Å². The fourth-order valence-corrected chi connectivity index (χ4v) is 2.37. The molecule has 1 aromatic carbocycles. The zero-order chi connectivity index (χ0) is 17.7. The molecule has 0 radical (unpaired) electrons. The number of hydrogen-bond acceptors (Lipinski definition) is 7. The molecule has 2 N–H and O–H groups in total. The minimum absolute atomic E-state index is 0.265. The molecular weight excluding hydrogens is 322 g/mol. The molecule has 7 heteroatoms. The zero-order valence-corrected chi connectivity index (χ0v) is 14.2. The van der Waals surface area contributed by atoms with Gasteiger partial charge in [0.2, 0.25) is 11.7 Å². The van der Waals surface area contributed by atoms with Crippen LogP contribution in [0.4, 0.5) is 0 Å². The van der Waals surface area contributed by atoms with Gasteiger partial charge in [-0.05, 0) is 36.8 Å². The normalized spacial score (nSPS) is 13.6. The summed E-state index contributed by atoms with van der Waals surface area (Å²) in [5, 5.41) is 17.4. The van der Waals surface area contributed by atoms with E-state index >= 15 is 0 Å². The Morgan fingerprint density at radius 3 is 2.68 bits per heavy atom. The summed E-state index contributed by atoms with van der Waals surface area (Å²) in [4.78, 5) is 4.08. The van der Waals surface area contributed by atoms with E-state index in [1.807, 2.05) is 24.3 Å². The lowest BCUT2D eigenvalue weighted by Crippen LogP contribution is -2.34. The fraction of sp³-hybridized carbons (Fsp3) is 0.333. The number of aryl methyl sites for hydroxylation is 1. The van der Waals surface area contributed by atoms with Gasteiger partial charge in [0.25, 0.3) is 0 Å². The van der Waals surface area contributed by atoms with E-state index in [1.54, 1.807) is 32.2 Å². The Bertz CT molecular complexity index is 779. The molecule has 132 valence electrons. The number of rotatable bonds is 8. The van der Waals surface area contributed by atoms with Gasteiger partial charge in [0, 0.05) is 20.0 Å². The second-order valence-electron chi connectivity index (χ2n) is 6.02. The van der Waals surface area contributed by atoms with Crippen molar-refractivity contribution in [2.24, 2.45) is 0 Å². The Morgan fingerprint density at radius 2 is 2.04 bits per heavy atom. The van der Waals surface area contributed by atoms with Crippen LogP contribution in [-0.4, -0.2) is 21.8 Å². The maximum Gasteiger partial charge on any atom is 0.223 e. The lowest BCUT2D eigenvalue weighted by atomic mass is 10.0. The summed E-state index contributed by atoms with van der Waals surface area (Å²) in [5.74, 6) is 2.31. The first-order chi connectivity index (χ1) is 12.0. The van der Waals surface area contributed by atoms with Gasteiger partial charge in [0.05, 0.1) is 6.26 Å². The maximum atomic E-state index is 10.4. The van der Waals surface area contributed by atoms with E-state index in [0.717, 1.165) is 11.3 Å². The number of nitrogens with zero attached hydrogens (tertiary/aromatic N) is 2. The number of hydrogen-bond donors (Lipinski definition) is 2. The lowest BCUT2D eigenvalue weighted by Gasteiger charge is -2.21. The Kier molecular flexibility index (Phi) is 5.16. The number of benzene rings is 1. The summed E-state index contributed by atoms with van der Waals surface area (Å²) >= 11 is 0. The minimum Gasteiger partial charge on any atom is -0.485 e.